The van der Waals surface area contributed by atoms with E-state index in [-0.39, 0.29) is 6.10 Å². The van der Waals surface area contributed by atoms with Crippen LogP contribution in [0.4, 0.5) is 0 Å². The first-order valence-electron chi connectivity index (χ1n) is 6.04. The van der Waals surface area contributed by atoms with Crippen molar-refractivity contribution < 1.29 is 9.47 Å². The Morgan fingerprint density at radius 2 is 2.47 bits per heavy atom. The van der Waals surface area contributed by atoms with Crippen LogP contribution in [0.25, 0.3) is 0 Å². The lowest BCUT2D eigenvalue weighted by atomic mass is 10.2. The van der Waals surface area contributed by atoms with Crippen LogP contribution >= 0.6 is 0 Å². The van der Waals surface area contributed by atoms with E-state index in [9.17, 15) is 0 Å². The maximum Gasteiger partial charge on any atom is 0.119 e. The summed E-state index contributed by atoms with van der Waals surface area (Å²) in [6, 6.07) is 8.11. The van der Waals surface area contributed by atoms with Crippen molar-refractivity contribution in [3.05, 3.63) is 29.8 Å². The fourth-order valence-corrected chi connectivity index (χ4v) is 1.91. The van der Waals surface area contributed by atoms with Crippen LogP contribution in [0.2, 0.25) is 0 Å². The van der Waals surface area contributed by atoms with Crippen molar-refractivity contribution in [2.24, 2.45) is 0 Å². The Bertz CT molecular complexity index is 338. The van der Waals surface area contributed by atoms with Crippen LogP contribution in [0, 0.1) is 0 Å². The van der Waals surface area contributed by atoms with Crippen LogP contribution in [0.15, 0.2) is 24.3 Å². The molecule has 0 spiro atoms. The second-order valence-electron chi connectivity index (χ2n) is 4.18. The van der Waals surface area contributed by atoms with E-state index in [0.717, 1.165) is 38.5 Å². The molecule has 94 valence electrons. The molecule has 1 aliphatic rings. The smallest absolute Gasteiger partial charge is 0.119 e. The second-order valence-corrected chi connectivity index (χ2v) is 4.18. The van der Waals surface area contributed by atoms with Gasteiger partial charge in [-0.2, -0.15) is 0 Å². The van der Waals surface area contributed by atoms with E-state index in [1.165, 1.54) is 5.56 Å². The quantitative estimate of drug-likeness (QED) is 0.792. The highest BCUT2D eigenvalue weighted by atomic mass is 16.5. The first-order valence-corrected chi connectivity index (χ1v) is 6.04. The Balaban J connectivity index is 1.73. The van der Waals surface area contributed by atoms with E-state index in [1.54, 1.807) is 7.11 Å². The lowest BCUT2D eigenvalue weighted by Crippen LogP contribution is -2.43. The molecule has 1 aromatic rings. The summed E-state index contributed by atoms with van der Waals surface area (Å²) in [6.07, 6.45) is 0.286. The first kappa shape index (κ1) is 12.4. The van der Waals surface area contributed by atoms with Gasteiger partial charge in [0, 0.05) is 26.2 Å². The van der Waals surface area contributed by atoms with E-state index in [4.69, 9.17) is 9.47 Å². The summed E-state index contributed by atoms with van der Waals surface area (Å²) in [4.78, 5) is 0. The van der Waals surface area contributed by atoms with E-state index in [0.29, 0.717) is 0 Å². The fourth-order valence-electron chi connectivity index (χ4n) is 1.91. The van der Waals surface area contributed by atoms with Crippen molar-refractivity contribution in [2.75, 3.05) is 33.4 Å². The SMILES string of the molecule is COc1cccc(CNCC2CNCCO2)c1. The van der Waals surface area contributed by atoms with Crippen LogP contribution in [0.3, 0.4) is 0 Å². The van der Waals surface area contributed by atoms with Gasteiger partial charge in [0.05, 0.1) is 19.8 Å². The van der Waals surface area contributed by atoms with Gasteiger partial charge in [0.25, 0.3) is 0 Å². The van der Waals surface area contributed by atoms with Crippen molar-refractivity contribution in [1.29, 1.82) is 0 Å². The van der Waals surface area contributed by atoms with Crippen LogP contribution in [-0.2, 0) is 11.3 Å². The van der Waals surface area contributed by atoms with Gasteiger partial charge in [0.2, 0.25) is 0 Å². The zero-order valence-corrected chi connectivity index (χ0v) is 10.2. The largest absolute Gasteiger partial charge is 0.497 e. The molecule has 4 heteroatoms. The summed E-state index contributed by atoms with van der Waals surface area (Å²) in [5, 5.41) is 6.72. The molecule has 0 aromatic heterocycles. The molecular formula is C13H20N2O2. The molecule has 17 heavy (non-hydrogen) atoms. The molecule has 0 radical (unpaired) electrons. The summed E-state index contributed by atoms with van der Waals surface area (Å²) in [5.74, 6) is 0.903. The number of ether oxygens (including phenoxy) is 2. The predicted molar refractivity (Wildman–Crippen MR) is 67.3 cm³/mol. The third-order valence-corrected chi connectivity index (χ3v) is 2.84. The van der Waals surface area contributed by atoms with Gasteiger partial charge in [0.15, 0.2) is 0 Å². The monoisotopic (exact) mass is 236 g/mol. The van der Waals surface area contributed by atoms with E-state index in [1.807, 2.05) is 18.2 Å². The predicted octanol–water partition coefficient (Wildman–Crippen LogP) is 0.773. The van der Waals surface area contributed by atoms with Crippen molar-refractivity contribution in [2.45, 2.75) is 12.6 Å². The van der Waals surface area contributed by atoms with Crippen molar-refractivity contribution >= 4 is 0 Å². The first-order chi connectivity index (χ1) is 8.38. The maximum absolute atomic E-state index is 5.61. The van der Waals surface area contributed by atoms with Crippen molar-refractivity contribution in [3.8, 4) is 5.75 Å². The average Bonchev–Trinajstić information content (AvgIpc) is 2.40. The lowest BCUT2D eigenvalue weighted by molar-refractivity contribution is 0.0290. The van der Waals surface area contributed by atoms with Gasteiger partial charge in [-0.15, -0.1) is 0 Å². The van der Waals surface area contributed by atoms with Crippen LogP contribution in [0.5, 0.6) is 5.75 Å². The van der Waals surface area contributed by atoms with Gasteiger partial charge in [-0.3, -0.25) is 0 Å². The van der Waals surface area contributed by atoms with Gasteiger partial charge >= 0.3 is 0 Å². The molecule has 4 nitrogen and oxygen atoms in total. The summed E-state index contributed by atoms with van der Waals surface area (Å²) in [5.41, 5.74) is 1.23. The number of methoxy groups -OCH3 is 1. The number of rotatable bonds is 5. The summed E-state index contributed by atoms with van der Waals surface area (Å²) in [6.45, 7) is 4.43. The van der Waals surface area contributed by atoms with Gasteiger partial charge < -0.3 is 20.1 Å². The minimum absolute atomic E-state index is 0.286. The zero-order valence-electron chi connectivity index (χ0n) is 10.2. The normalized spacial score (nSPS) is 20.2. The second kappa shape index (κ2) is 6.59. The number of nitrogens with one attached hydrogen (secondary N) is 2. The molecule has 1 fully saturated rings. The third-order valence-electron chi connectivity index (χ3n) is 2.84. The zero-order chi connectivity index (χ0) is 11.9. The molecule has 1 unspecified atom stereocenters. The molecular weight excluding hydrogens is 216 g/mol. The summed E-state index contributed by atoms with van der Waals surface area (Å²) >= 11 is 0. The summed E-state index contributed by atoms with van der Waals surface area (Å²) in [7, 11) is 1.69. The molecule has 1 heterocycles. The topological polar surface area (TPSA) is 42.5 Å². The lowest BCUT2D eigenvalue weighted by Gasteiger charge is -2.23. The Hall–Kier alpha value is -1.10. The molecule has 1 aromatic carbocycles. The molecule has 1 atom stereocenters. The summed E-state index contributed by atoms with van der Waals surface area (Å²) < 4.78 is 10.8. The van der Waals surface area contributed by atoms with Crippen molar-refractivity contribution in [1.82, 2.24) is 10.6 Å². The average molecular weight is 236 g/mol. The number of benzene rings is 1. The minimum Gasteiger partial charge on any atom is -0.497 e. The fraction of sp³-hybridized carbons (Fsp3) is 0.538. The van der Waals surface area contributed by atoms with Gasteiger partial charge in [0.1, 0.15) is 5.75 Å². The molecule has 1 aliphatic heterocycles. The highest BCUT2D eigenvalue weighted by Gasteiger charge is 2.12. The van der Waals surface area contributed by atoms with Gasteiger partial charge in [-0.05, 0) is 17.7 Å². The molecule has 2 rings (SSSR count). The van der Waals surface area contributed by atoms with E-state index < -0.39 is 0 Å². The van der Waals surface area contributed by atoms with Crippen LogP contribution in [0.1, 0.15) is 5.56 Å². The standard InChI is InChI=1S/C13H20N2O2/c1-16-12-4-2-3-11(7-12)8-15-10-13-9-14-5-6-17-13/h2-4,7,13-15H,5-6,8-10H2,1H3. The molecule has 0 amide bonds. The van der Waals surface area contributed by atoms with Crippen LogP contribution < -0.4 is 15.4 Å². The molecule has 0 saturated carbocycles. The Morgan fingerprint density at radius 1 is 1.53 bits per heavy atom. The van der Waals surface area contributed by atoms with E-state index >= 15 is 0 Å². The molecule has 0 aliphatic carbocycles. The molecule has 0 bridgehead atoms. The number of morpholine rings is 1. The Labute approximate surface area is 102 Å². The molecule has 1 saturated heterocycles. The Kier molecular flexibility index (Phi) is 4.79. The highest BCUT2D eigenvalue weighted by molar-refractivity contribution is 5.28. The third kappa shape index (κ3) is 4.00. The minimum atomic E-state index is 0.286. The Morgan fingerprint density at radius 3 is 3.24 bits per heavy atom. The van der Waals surface area contributed by atoms with Crippen molar-refractivity contribution in [3.63, 3.8) is 0 Å². The highest BCUT2D eigenvalue weighted by Crippen LogP contribution is 2.12. The number of hydrogen-bond donors (Lipinski definition) is 2. The van der Waals surface area contributed by atoms with Gasteiger partial charge in [-0.25, -0.2) is 0 Å². The van der Waals surface area contributed by atoms with Crippen LogP contribution in [-0.4, -0.2) is 39.5 Å². The van der Waals surface area contributed by atoms with Gasteiger partial charge in [-0.1, -0.05) is 12.1 Å². The molecule has 2 N–H and O–H groups in total. The maximum atomic E-state index is 5.61. The van der Waals surface area contributed by atoms with E-state index in [2.05, 4.69) is 16.7 Å². The number of hydrogen-bond acceptors (Lipinski definition) is 4.